The smallest absolute Gasteiger partial charge is 0.175 e. The summed E-state index contributed by atoms with van der Waals surface area (Å²) in [5, 5.41) is 19.5. The molecule has 0 bridgehead atoms. The van der Waals surface area contributed by atoms with Gasteiger partial charge in [0, 0.05) is 0 Å². The number of hydrogen-bond donors (Lipinski definition) is 2. The van der Waals surface area contributed by atoms with E-state index in [9.17, 15) is 10.2 Å². The van der Waals surface area contributed by atoms with Gasteiger partial charge in [-0.3, -0.25) is 0 Å². The van der Waals surface area contributed by atoms with Crippen molar-refractivity contribution in [3.63, 3.8) is 0 Å². The molecule has 2 rings (SSSR count). The van der Waals surface area contributed by atoms with Gasteiger partial charge in [-0.2, -0.15) is 0 Å². The highest BCUT2D eigenvalue weighted by Gasteiger charge is 2.25. The third-order valence-corrected chi connectivity index (χ3v) is 4.33. The van der Waals surface area contributed by atoms with Crippen molar-refractivity contribution in [2.45, 2.75) is 57.8 Å². The van der Waals surface area contributed by atoms with E-state index in [0.717, 1.165) is 42.1 Å². The van der Waals surface area contributed by atoms with Crippen LogP contribution in [-0.2, 0) is 6.61 Å². The van der Waals surface area contributed by atoms with E-state index in [2.05, 4.69) is 15.9 Å². The van der Waals surface area contributed by atoms with Gasteiger partial charge in [-0.25, -0.2) is 0 Å². The first-order valence-corrected chi connectivity index (χ1v) is 8.35. The highest BCUT2D eigenvalue weighted by atomic mass is 79.9. The maximum atomic E-state index is 10.2. The summed E-state index contributed by atoms with van der Waals surface area (Å²) in [5.41, 5.74) is 0.763. The molecule has 21 heavy (non-hydrogen) atoms. The molecule has 1 aliphatic rings. The van der Waals surface area contributed by atoms with Crippen LogP contribution in [0.4, 0.5) is 0 Å². The predicted octanol–water partition coefficient (Wildman–Crippen LogP) is 3.41. The average molecular weight is 359 g/mol. The minimum atomic E-state index is -0.439. The first kappa shape index (κ1) is 16.6. The SMILES string of the molecule is CCOc1cc(CO)cc(Br)c1OC1CCCCCC1O. The van der Waals surface area contributed by atoms with Gasteiger partial charge in [-0.05, 0) is 59.8 Å². The molecule has 0 spiro atoms. The molecule has 1 aromatic rings. The molecular weight excluding hydrogens is 336 g/mol. The van der Waals surface area contributed by atoms with E-state index >= 15 is 0 Å². The van der Waals surface area contributed by atoms with Crippen molar-refractivity contribution in [2.75, 3.05) is 6.61 Å². The second kappa shape index (κ2) is 8.01. The van der Waals surface area contributed by atoms with E-state index in [0.29, 0.717) is 18.1 Å². The molecule has 0 aromatic heterocycles. The lowest BCUT2D eigenvalue weighted by Gasteiger charge is -2.24. The Hall–Kier alpha value is -0.780. The van der Waals surface area contributed by atoms with Crippen molar-refractivity contribution < 1.29 is 19.7 Å². The van der Waals surface area contributed by atoms with Crippen molar-refractivity contribution in [1.82, 2.24) is 0 Å². The number of ether oxygens (including phenoxy) is 2. The number of halogens is 1. The first-order valence-electron chi connectivity index (χ1n) is 7.56. The molecule has 5 heteroatoms. The van der Waals surface area contributed by atoms with Crippen LogP contribution in [0.15, 0.2) is 16.6 Å². The third kappa shape index (κ3) is 4.34. The highest BCUT2D eigenvalue weighted by molar-refractivity contribution is 9.10. The molecule has 0 heterocycles. The van der Waals surface area contributed by atoms with Crippen LogP contribution in [0.2, 0.25) is 0 Å². The fraction of sp³-hybridized carbons (Fsp3) is 0.625. The molecule has 0 saturated heterocycles. The topological polar surface area (TPSA) is 58.9 Å². The first-order chi connectivity index (χ1) is 10.2. The standard InChI is InChI=1S/C16H23BrO4/c1-2-20-15-9-11(10-18)8-12(17)16(15)21-14-7-5-3-4-6-13(14)19/h8-9,13-14,18-19H,2-7,10H2,1H3. The van der Waals surface area contributed by atoms with Crippen molar-refractivity contribution in [3.8, 4) is 11.5 Å². The van der Waals surface area contributed by atoms with Crippen LogP contribution in [0, 0.1) is 0 Å². The summed E-state index contributed by atoms with van der Waals surface area (Å²) in [4.78, 5) is 0. The Kier molecular flexibility index (Phi) is 6.33. The van der Waals surface area contributed by atoms with E-state index < -0.39 is 6.10 Å². The number of rotatable bonds is 5. The fourth-order valence-corrected chi connectivity index (χ4v) is 3.22. The monoisotopic (exact) mass is 358 g/mol. The number of hydrogen-bond acceptors (Lipinski definition) is 4. The van der Waals surface area contributed by atoms with Crippen LogP contribution < -0.4 is 9.47 Å². The van der Waals surface area contributed by atoms with E-state index in [4.69, 9.17) is 9.47 Å². The van der Waals surface area contributed by atoms with Gasteiger partial charge in [0.05, 0.1) is 23.8 Å². The normalized spacial score (nSPS) is 22.7. The Labute approximate surface area is 134 Å². The Bertz CT molecular complexity index is 464. The minimum absolute atomic E-state index is 0.0506. The average Bonchev–Trinajstić information content (AvgIpc) is 2.67. The van der Waals surface area contributed by atoms with Crippen molar-refractivity contribution in [3.05, 3.63) is 22.2 Å². The van der Waals surface area contributed by atoms with E-state index in [-0.39, 0.29) is 12.7 Å². The lowest BCUT2D eigenvalue weighted by atomic mass is 10.1. The van der Waals surface area contributed by atoms with Gasteiger partial charge < -0.3 is 19.7 Å². The largest absolute Gasteiger partial charge is 0.490 e. The van der Waals surface area contributed by atoms with Gasteiger partial charge in [-0.1, -0.05) is 12.8 Å². The van der Waals surface area contributed by atoms with Gasteiger partial charge in [0.15, 0.2) is 11.5 Å². The van der Waals surface area contributed by atoms with Crippen LogP contribution in [0.3, 0.4) is 0 Å². The summed E-state index contributed by atoms with van der Waals surface area (Å²) in [6, 6.07) is 3.60. The third-order valence-electron chi connectivity index (χ3n) is 3.74. The van der Waals surface area contributed by atoms with Crippen molar-refractivity contribution in [2.24, 2.45) is 0 Å². The Balaban J connectivity index is 2.24. The van der Waals surface area contributed by atoms with E-state index in [1.54, 1.807) is 6.07 Å². The predicted molar refractivity (Wildman–Crippen MR) is 84.7 cm³/mol. The number of aliphatic hydroxyl groups excluding tert-OH is 2. The van der Waals surface area contributed by atoms with Crippen molar-refractivity contribution in [1.29, 1.82) is 0 Å². The summed E-state index contributed by atoms with van der Waals surface area (Å²) >= 11 is 3.48. The zero-order chi connectivity index (χ0) is 15.2. The summed E-state index contributed by atoms with van der Waals surface area (Å²) in [6.07, 6.45) is 4.23. The zero-order valence-corrected chi connectivity index (χ0v) is 13.9. The molecule has 1 fully saturated rings. The lowest BCUT2D eigenvalue weighted by Crippen LogP contribution is -2.30. The summed E-state index contributed by atoms with van der Waals surface area (Å²) in [7, 11) is 0. The molecule has 0 amide bonds. The fourth-order valence-electron chi connectivity index (χ4n) is 2.63. The van der Waals surface area contributed by atoms with E-state index in [1.165, 1.54) is 0 Å². The van der Waals surface area contributed by atoms with Crippen LogP contribution in [0.5, 0.6) is 11.5 Å². The number of aliphatic hydroxyl groups is 2. The van der Waals surface area contributed by atoms with Gasteiger partial charge in [0.25, 0.3) is 0 Å². The molecule has 0 aliphatic heterocycles. The van der Waals surface area contributed by atoms with Gasteiger partial charge in [-0.15, -0.1) is 0 Å². The Morgan fingerprint density at radius 3 is 2.71 bits per heavy atom. The molecule has 1 aromatic carbocycles. The zero-order valence-electron chi connectivity index (χ0n) is 12.3. The second-order valence-corrected chi connectivity index (χ2v) is 6.21. The molecule has 2 atom stereocenters. The maximum Gasteiger partial charge on any atom is 0.175 e. The molecule has 118 valence electrons. The highest BCUT2D eigenvalue weighted by Crippen LogP contribution is 2.39. The molecule has 1 saturated carbocycles. The van der Waals surface area contributed by atoms with Gasteiger partial charge in [0.2, 0.25) is 0 Å². The van der Waals surface area contributed by atoms with Crippen LogP contribution in [-0.4, -0.2) is 29.0 Å². The van der Waals surface area contributed by atoms with E-state index in [1.807, 2.05) is 13.0 Å². The minimum Gasteiger partial charge on any atom is -0.490 e. The van der Waals surface area contributed by atoms with Crippen LogP contribution >= 0.6 is 15.9 Å². The van der Waals surface area contributed by atoms with Crippen LogP contribution in [0.25, 0.3) is 0 Å². The molecule has 2 N–H and O–H groups in total. The lowest BCUT2D eigenvalue weighted by molar-refractivity contribution is 0.0297. The Morgan fingerprint density at radius 2 is 2.00 bits per heavy atom. The van der Waals surface area contributed by atoms with Crippen LogP contribution in [0.1, 0.15) is 44.6 Å². The summed E-state index contributed by atoms with van der Waals surface area (Å²) in [5.74, 6) is 1.22. The quantitative estimate of drug-likeness (QED) is 0.791. The second-order valence-electron chi connectivity index (χ2n) is 5.36. The Morgan fingerprint density at radius 1 is 1.24 bits per heavy atom. The van der Waals surface area contributed by atoms with Crippen molar-refractivity contribution >= 4 is 15.9 Å². The molecule has 4 nitrogen and oxygen atoms in total. The van der Waals surface area contributed by atoms with Gasteiger partial charge in [0.1, 0.15) is 6.10 Å². The molecule has 2 unspecified atom stereocenters. The molecule has 0 radical (unpaired) electrons. The molecule has 1 aliphatic carbocycles. The number of benzene rings is 1. The van der Waals surface area contributed by atoms with Gasteiger partial charge >= 0.3 is 0 Å². The maximum absolute atomic E-state index is 10.2. The summed E-state index contributed by atoms with van der Waals surface area (Å²) in [6.45, 7) is 2.37. The molecular formula is C16H23BrO4. The summed E-state index contributed by atoms with van der Waals surface area (Å²) < 4.78 is 12.4.